The van der Waals surface area contributed by atoms with Crippen molar-refractivity contribution in [2.24, 2.45) is 0 Å². The van der Waals surface area contributed by atoms with Crippen LogP contribution in [0.25, 0.3) is 27.6 Å². The summed E-state index contributed by atoms with van der Waals surface area (Å²) in [7, 11) is 0. The van der Waals surface area contributed by atoms with Crippen molar-refractivity contribution in [3.8, 4) is 11.1 Å². The van der Waals surface area contributed by atoms with Gasteiger partial charge in [-0.25, -0.2) is 0 Å². The number of nitrogens with zero attached hydrogens (tertiary/aromatic N) is 4. The summed E-state index contributed by atoms with van der Waals surface area (Å²) in [5.41, 5.74) is 7.01. The Morgan fingerprint density at radius 1 is 1.08 bits per heavy atom. The fourth-order valence-corrected chi connectivity index (χ4v) is 4.53. The van der Waals surface area contributed by atoms with Crippen molar-refractivity contribution in [2.45, 2.75) is 33.1 Å². The van der Waals surface area contributed by atoms with E-state index in [4.69, 9.17) is 0 Å². The number of pyridine rings is 2. The highest BCUT2D eigenvalue weighted by atomic mass is 16.1. The summed E-state index contributed by atoms with van der Waals surface area (Å²) < 4.78 is 0. The van der Waals surface area contributed by atoms with Crippen LogP contribution in [0, 0.1) is 0 Å². The van der Waals surface area contributed by atoms with Gasteiger partial charge in [0.05, 0.1) is 35.0 Å². The van der Waals surface area contributed by atoms with Gasteiger partial charge in [0.1, 0.15) is 0 Å². The molecule has 1 aliphatic carbocycles. The molecule has 36 heavy (non-hydrogen) atoms. The number of amides is 1. The molecule has 5 rings (SSSR count). The third-order valence-electron chi connectivity index (χ3n) is 6.44. The van der Waals surface area contributed by atoms with Crippen LogP contribution in [0.5, 0.6) is 0 Å². The first-order valence-corrected chi connectivity index (χ1v) is 12.5. The van der Waals surface area contributed by atoms with Crippen LogP contribution in [0.2, 0.25) is 0 Å². The van der Waals surface area contributed by atoms with Crippen LogP contribution in [-0.4, -0.2) is 39.2 Å². The van der Waals surface area contributed by atoms with Gasteiger partial charge < -0.3 is 10.2 Å². The first-order chi connectivity index (χ1) is 17.7. The van der Waals surface area contributed by atoms with E-state index in [0.717, 1.165) is 65.8 Å². The summed E-state index contributed by atoms with van der Waals surface area (Å²) in [5, 5.41) is 11.0. The van der Waals surface area contributed by atoms with E-state index in [2.05, 4.69) is 68.5 Å². The lowest BCUT2D eigenvalue weighted by atomic mass is 10.0. The summed E-state index contributed by atoms with van der Waals surface area (Å²) in [4.78, 5) is 24.4. The molecule has 1 amide bonds. The fourth-order valence-electron chi connectivity index (χ4n) is 4.53. The second-order valence-corrected chi connectivity index (χ2v) is 8.89. The lowest BCUT2D eigenvalue weighted by Crippen LogP contribution is -2.23. The van der Waals surface area contributed by atoms with Crippen molar-refractivity contribution in [1.82, 2.24) is 20.2 Å². The van der Waals surface area contributed by atoms with Crippen LogP contribution in [0.4, 0.5) is 11.4 Å². The van der Waals surface area contributed by atoms with Gasteiger partial charge in [0.25, 0.3) is 5.91 Å². The predicted molar refractivity (Wildman–Crippen MR) is 146 cm³/mol. The molecule has 0 atom stereocenters. The van der Waals surface area contributed by atoms with E-state index >= 15 is 0 Å². The number of allylic oxidation sites excluding steroid dienone is 4. The molecule has 3 heterocycles. The Labute approximate surface area is 211 Å². The van der Waals surface area contributed by atoms with Crippen LogP contribution in [0.15, 0.2) is 73.2 Å². The molecule has 0 unspecified atom stereocenters. The van der Waals surface area contributed by atoms with Crippen molar-refractivity contribution in [1.29, 1.82) is 0 Å². The molecule has 1 aliphatic rings. The quantitative estimate of drug-likeness (QED) is 0.313. The zero-order chi connectivity index (χ0) is 24.9. The highest BCUT2D eigenvalue weighted by Crippen LogP contribution is 2.28. The van der Waals surface area contributed by atoms with Gasteiger partial charge in [-0.3, -0.25) is 19.9 Å². The van der Waals surface area contributed by atoms with Crippen LogP contribution in [0.1, 0.15) is 49.3 Å². The van der Waals surface area contributed by atoms with E-state index in [1.165, 1.54) is 5.57 Å². The van der Waals surface area contributed by atoms with E-state index < -0.39 is 0 Å². The Bertz CT molecular complexity index is 1430. The number of aromatic amines is 1. The normalized spacial score (nSPS) is 13.0. The number of H-pyrrole nitrogens is 1. The molecule has 7 nitrogen and oxygen atoms in total. The highest BCUT2D eigenvalue weighted by Gasteiger charge is 2.16. The summed E-state index contributed by atoms with van der Waals surface area (Å²) in [6.45, 7) is 6.24. The van der Waals surface area contributed by atoms with E-state index in [9.17, 15) is 4.79 Å². The van der Waals surface area contributed by atoms with Crippen molar-refractivity contribution in [2.75, 3.05) is 23.3 Å². The number of carbonyl (C=O) groups is 1. The molecule has 2 N–H and O–H groups in total. The average Bonchev–Trinajstić information content (AvgIpc) is 3.36. The average molecular weight is 479 g/mol. The van der Waals surface area contributed by atoms with Gasteiger partial charge in [-0.05, 0) is 67.7 Å². The molecule has 7 heteroatoms. The van der Waals surface area contributed by atoms with Crippen LogP contribution in [-0.2, 0) is 0 Å². The molecule has 0 saturated carbocycles. The Balaban J connectivity index is 1.38. The third-order valence-corrected chi connectivity index (χ3v) is 6.44. The first-order valence-electron chi connectivity index (χ1n) is 12.5. The molecule has 0 radical (unpaired) electrons. The van der Waals surface area contributed by atoms with Gasteiger partial charge >= 0.3 is 0 Å². The standard InChI is InChI=1S/C29H30N6O/c1-3-14-35(4-2)24-15-22(17-30-19-24)21-10-12-27-25(16-21)28(34-33-27)29(36)32-23-11-13-26(31-18-23)20-8-6-5-7-9-20/h5-6,8,10-13,15-19H,3-4,7,9,14H2,1-2H3,(H,32,36)(H,33,34). The van der Waals surface area contributed by atoms with E-state index in [-0.39, 0.29) is 5.91 Å². The molecule has 182 valence electrons. The number of rotatable bonds is 8. The Kier molecular flexibility index (Phi) is 6.89. The van der Waals surface area contributed by atoms with Gasteiger partial charge in [0.2, 0.25) is 0 Å². The van der Waals surface area contributed by atoms with E-state index in [1.807, 2.05) is 42.7 Å². The molecule has 1 aromatic carbocycles. The fraction of sp³-hybridized carbons (Fsp3) is 0.241. The summed E-state index contributed by atoms with van der Waals surface area (Å²) in [6, 6.07) is 11.9. The van der Waals surface area contributed by atoms with Gasteiger partial charge in [-0.2, -0.15) is 5.10 Å². The lowest BCUT2D eigenvalue weighted by Gasteiger charge is -2.22. The number of hydrogen-bond acceptors (Lipinski definition) is 5. The Morgan fingerprint density at radius 3 is 2.75 bits per heavy atom. The van der Waals surface area contributed by atoms with Gasteiger partial charge in [-0.15, -0.1) is 0 Å². The minimum absolute atomic E-state index is 0.278. The summed E-state index contributed by atoms with van der Waals surface area (Å²) in [6.07, 6.45) is 14.8. The van der Waals surface area contributed by atoms with Gasteiger partial charge in [0, 0.05) is 30.2 Å². The maximum absolute atomic E-state index is 13.1. The number of hydrogen-bond donors (Lipinski definition) is 2. The second kappa shape index (κ2) is 10.6. The molecule has 4 aromatic rings. The molecule has 3 aromatic heterocycles. The highest BCUT2D eigenvalue weighted by molar-refractivity contribution is 6.11. The number of benzene rings is 1. The zero-order valence-corrected chi connectivity index (χ0v) is 20.7. The monoisotopic (exact) mass is 478 g/mol. The van der Waals surface area contributed by atoms with Gasteiger partial charge in [-0.1, -0.05) is 31.2 Å². The topological polar surface area (TPSA) is 86.8 Å². The smallest absolute Gasteiger partial charge is 0.276 e. The molecular weight excluding hydrogens is 448 g/mol. The second-order valence-electron chi connectivity index (χ2n) is 8.89. The SMILES string of the molecule is CCCN(CC)c1cncc(-c2ccc3[nH]nc(C(=O)Nc4ccc(C5=CC=CCC5)nc4)c3c2)c1. The molecule has 0 saturated heterocycles. The minimum atomic E-state index is -0.278. The van der Waals surface area contributed by atoms with Crippen molar-refractivity contribution < 1.29 is 4.79 Å². The van der Waals surface area contributed by atoms with Crippen molar-refractivity contribution in [3.63, 3.8) is 0 Å². The molecular formula is C29H30N6O. The number of aromatic nitrogens is 4. The van der Waals surface area contributed by atoms with Crippen LogP contribution in [0.3, 0.4) is 0 Å². The zero-order valence-electron chi connectivity index (χ0n) is 20.7. The maximum Gasteiger partial charge on any atom is 0.276 e. The predicted octanol–water partition coefficient (Wildman–Crippen LogP) is 6.24. The molecule has 0 fully saturated rings. The Morgan fingerprint density at radius 2 is 2.00 bits per heavy atom. The Hall–Kier alpha value is -4.26. The van der Waals surface area contributed by atoms with Crippen molar-refractivity contribution in [3.05, 3.63) is 84.6 Å². The third kappa shape index (κ3) is 4.91. The van der Waals surface area contributed by atoms with Crippen LogP contribution < -0.4 is 10.2 Å². The van der Waals surface area contributed by atoms with Crippen LogP contribution >= 0.6 is 0 Å². The molecule has 0 bridgehead atoms. The molecule has 0 spiro atoms. The first kappa shape index (κ1) is 23.5. The summed E-state index contributed by atoms with van der Waals surface area (Å²) in [5.74, 6) is -0.278. The van der Waals surface area contributed by atoms with E-state index in [0.29, 0.717) is 11.4 Å². The summed E-state index contributed by atoms with van der Waals surface area (Å²) >= 11 is 0. The maximum atomic E-state index is 13.1. The number of nitrogens with one attached hydrogen (secondary N) is 2. The van der Waals surface area contributed by atoms with Gasteiger partial charge in [0.15, 0.2) is 5.69 Å². The molecule has 0 aliphatic heterocycles. The van der Waals surface area contributed by atoms with Crippen molar-refractivity contribution >= 4 is 33.8 Å². The largest absolute Gasteiger partial charge is 0.371 e. The number of carbonyl (C=O) groups excluding carboxylic acids is 1. The lowest BCUT2D eigenvalue weighted by molar-refractivity contribution is 0.102. The number of fused-ring (bicyclic) bond motifs is 1. The number of anilines is 2. The minimum Gasteiger partial charge on any atom is -0.371 e. The van der Waals surface area contributed by atoms with E-state index in [1.54, 1.807) is 6.20 Å².